The summed E-state index contributed by atoms with van der Waals surface area (Å²) in [5.74, 6) is -0.796. The van der Waals surface area contributed by atoms with Crippen molar-refractivity contribution in [2.24, 2.45) is 0 Å². The maximum Gasteiger partial charge on any atom is 0.422 e. The van der Waals surface area contributed by atoms with Crippen molar-refractivity contribution in [3.63, 3.8) is 0 Å². The molecule has 94 valence electrons. The lowest BCUT2D eigenvalue weighted by molar-refractivity contribution is -0.154. The van der Waals surface area contributed by atoms with Crippen LogP contribution in [-0.2, 0) is 4.79 Å². The van der Waals surface area contributed by atoms with Crippen LogP contribution in [-0.4, -0.2) is 28.7 Å². The molecule has 1 aromatic heterocycles. The highest BCUT2D eigenvalue weighted by molar-refractivity contribution is 7.26. The van der Waals surface area contributed by atoms with E-state index in [1.807, 2.05) is 0 Å². The van der Waals surface area contributed by atoms with Crippen LogP contribution in [0.3, 0.4) is 0 Å². The molecule has 1 atom stereocenters. The number of hydrogen-bond acceptors (Lipinski definition) is 4. The standard InChI is InChI=1S/C8H9F3N3O2P/c1-4(15)12-7-13-5(2-6(17)14-7)16-3-8(9,10)11/h2H,3,17H2,1H3,(H,12,13,14,15). The summed E-state index contributed by atoms with van der Waals surface area (Å²) in [6, 6.07) is 1.21. The zero-order valence-electron chi connectivity index (χ0n) is 8.71. The lowest BCUT2D eigenvalue weighted by Gasteiger charge is -2.09. The Morgan fingerprint density at radius 3 is 2.71 bits per heavy atom. The molecule has 0 aliphatic carbocycles. The average molecular weight is 267 g/mol. The predicted molar refractivity (Wildman–Crippen MR) is 57.2 cm³/mol. The van der Waals surface area contributed by atoms with Crippen molar-refractivity contribution in [1.82, 2.24) is 9.97 Å². The molecule has 0 bridgehead atoms. The molecule has 0 saturated heterocycles. The topological polar surface area (TPSA) is 64.1 Å². The van der Waals surface area contributed by atoms with Crippen LogP contribution in [0.5, 0.6) is 5.88 Å². The number of anilines is 1. The lowest BCUT2D eigenvalue weighted by Crippen LogP contribution is -2.21. The molecule has 1 heterocycles. The number of alkyl halides is 3. The van der Waals surface area contributed by atoms with Crippen molar-refractivity contribution >= 4 is 26.5 Å². The van der Waals surface area contributed by atoms with E-state index in [9.17, 15) is 18.0 Å². The molecule has 1 amide bonds. The molecule has 1 aromatic rings. The summed E-state index contributed by atoms with van der Waals surface area (Å²) < 4.78 is 40.2. The van der Waals surface area contributed by atoms with Gasteiger partial charge in [0.25, 0.3) is 0 Å². The fraction of sp³-hybridized carbons (Fsp3) is 0.375. The Labute approximate surface area is 97.0 Å². The van der Waals surface area contributed by atoms with Gasteiger partial charge in [0, 0.05) is 13.0 Å². The van der Waals surface area contributed by atoms with Crippen molar-refractivity contribution < 1.29 is 22.7 Å². The summed E-state index contributed by atoms with van der Waals surface area (Å²) in [4.78, 5) is 18.1. The maximum atomic E-state index is 11.9. The lowest BCUT2D eigenvalue weighted by atomic mass is 10.6. The number of carbonyl (C=O) groups excluding carboxylic acids is 1. The minimum atomic E-state index is -4.44. The molecule has 0 radical (unpaired) electrons. The van der Waals surface area contributed by atoms with E-state index in [4.69, 9.17) is 0 Å². The molecule has 1 unspecified atom stereocenters. The number of ether oxygens (including phenoxy) is 1. The summed E-state index contributed by atoms with van der Waals surface area (Å²) >= 11 is 0. The molecule has 0 aromatic carbocycles. The zero-order valence-corrected chi connectivity index (χ0v) is 9.86. The van der Waals surface area contributed by atoms with Gasteiger partial charge in [0.05, 0.1) is 5.44 Å². The third-order valence-electron chi connectivity index (χ3n) is 1.39. The highest BCUT2D eigenvalue weighted by atomic mass is 31.0. The van der Waals surface area contributed by atoms with Crippen LogP contribution in [0.1, 0.15) is 6.92 Å². The van der Waals surface area contributed by atoms with E-state index in [1.165, 1.54) is 13.0 Å². The number of nitrogens with zero attached hydrogens (tertiary/aromatic N) is 2. The minimum Gasteiger partial charge on any atom is -0.468 e. The fourth-order valence-electron chi connectivity index (χ4n) is 0.886. The van der Waals surface area contributed by atoms with Crippen LogP contribution in [0.2, 0.25) is 0 Å². The highest BCUT2D eigenvalue weighted by Gasteiger charge is 2.28. The van der Waals surface area contributed by atoms with E-state index in [-0.39, 0.29) is 11.8 Å². The normalized spacial score (nSPS) is 11.1. The number of rotatable bonds is 3. The summed E-state index contributed by atoms with van der Waals surface area (Å²) in [6.07, 6.45) is -4.44. The van der Waals surface area contributed by atoms with E-state index >= 15 is 0 Å². The molecular formula is C8H9F3N3O2P. The minimum absolute atomic E-state index is 0.109. The Bertz CT molecular complexity index is 425. The van der Waals surface area contributed by atoms with Gasteiger partial charge in [-0.05, 0) is 0 Å². The fourth-order valence-corrected chi connectivity index (χ4v) is 1.15. The second-order valence-electron chi connectivity index (χ2n) is 3.04. The molecule has 0 aliphatic heterocycles. The summed E-state index contributed by atoms with van der Waals surface area (Å²) in [6.45, 7) is -0.220. The second-order valence-corrected chi connectivity index (χ2v) is 3.63. The second kappa shape index (κ2) is 5.27. The molecule has 9 heteroatoms. The third-order valence-corrected chi connectivity index (χ3v) is 1.69. The molecule has 17 heavy (non-hydrogen) atoms. The van der Waals surface area contributed by atoms with Crippen molar-refractivity contribution in [2.45, 2.75) is 13.1 Å². The number of hydrogen-bond donors (Lipinski definition) is 1. The van der Waals surface area contributed by atoms with E-state index in [0.717, 1.165) is 0 Å². The quantitative estimate of drug-likeness (QED) is 0.825. The van der Waals surface area contributed by atoms with Crippen LogP contribution in [0, 0.1) is 0 Å². The summed E-state index contributed by atoms with van der Waals surface area (Å²) in [7, 11) is 2.18. The Hall–Kier alpha value is -1.43. The zero-order chi connectivity index (χ0) is 13.1. The van der Waals surface area contributed by atoms with Crippen LogP contribution < -0.4 is 15.5 Å². The van der Waals surface area contributed by atoms with Crippen LogP contribution in [0.4, 0.5) is 19.1 Å². The summed E-state index contributed by atoms with van der Waals surface area (Å²) in [5.41, 5.74) is 0.306. The van der Waals surface area contributed by atoms with E-state index < -0.39 is 18.7 Å². The van der Waals surface area contributed by atoms with Crippen molar-refractivity contribution in [3.05, 3.63) is 6.07 Å². The Balaban J connectivity index is 2.79. The highest BCUT2D eigenvalue weighted by Crippen LogP contribution is 2.17. The van der Waals surface area contributed by atoms with E-state index in [0.29, 0.717) is 5.44 Å². The van der Waals surface area contributed by atoms with Crippen molar-refractivity contribution in [3.8, 4) is 5.88 Å². The number of halogens is 3. The molecular weight excluding hydrogens is 258 g/mol. The van der Waals surface area contributed by atoms with Gasteiger partial charge >= 0.3 is 6.18 Å². The van der Waals surface area contributed by atoms with Crippen LogP contribution >= 0.6 is 9.24 Å². The first-order valence-corrected chi connectivity index (χ1v) is 4.96. The van der Waals surface area contributed by atoms with Crippen LogP contribution in [0.15, 0.2) is 6.07 Å². The van der Waals surface area contributed by atoms with E-state index in [1.54, 1.807) is 0 Å². The van der Waals surface area contributed by atoms with E-state index in [2.05, 4.69) is 29.3 Å². The number of nitrogens with one attached hydrogen (secondary N) is 1. The first kappa shape index (κ1) is 13.6. The molecule has 1 N–H and O–H groups in total. The molecule has 0 saturated carbocycles. The maximum absolute atomic E-state index is 11.9. The SMILES string of the molecule is CC(=O)Nc1nc(P)cc(OCC(F)(F)F)n1. The van der Waals surface area contributed by atoms with Gasteiger partial charge < -0.3 is 4.74 Å². The van der Waals surface area contributed by atoms with Gasteiger partial charge in [0.15, 0.2) is 6.61 Å². The number of carbonyl (C=O) groups is 1. The molecule has 0 aliphatic rings. The largest absolute Gasteiger partial charge is 0.468 e. The molecule has 5 nitrogen and oxygen atoms in total. The monoisotopic (exact) mass is 267 g/mol. The van der Waals surface area contributed by atoms with Gasteiger partial charge in [-0.3, -0.25) is 10.1 Å². The van der Waals surface area contributed by atoms with Gasteiger partial charge in [-0.1, -0.05) is 9.24 Å². The van der Waals surface area contributed by atoms with Crippen molar-refractivity contribution in [2.75, 3.05) is 11.9 Å². The molecule has 0 fully saturated rings. The predicted octanol–water partition coefficient (Wildman–Crippen LogP) is 0.876. The van der Waals surface area contributed by atoms with Crippen molar-refractivity contribution in [1.29, 1.82) is 0 Å². The summed E-state index contributed by atoms with van der Waals surface area (Å²) in [5, 5.41) is 2.25. The molecule has 1 rings (SSSR count). The Morgan fingerprint density at radius 1 is 1.53 bits per heavy atom. The number of aromatic nitrogens is 2. The van der Waals surface area contributed by atoms with Gasteiger partial charge in [-0.2, -0.15) is 18.2 Å². The average Bonchev–Trinajstić information content (AvgIpc) is 2.11. The first-order valence-electron chi connectivity index (χ1n) is 4.38. The van der Waals surface area contributed by atoms with Gasteiger partial charge in [0.1, 0.15) is 0 Å². The third kappa shape index (κ3) is 5.44. The molecule has 0 spiro atoms. The van der Waals surface area contributed by atoms with Crippen LogP contribution in [0.25, 0.3) is 0 Å². The smallest absolute Gasteiger partial charge is 0.422 e. The van der Waals surface area contributed by atoms with Gasteiger partial charge in [-0.15, -0.1) is 0 Å². The van der Waals surface area contributed by atoms with Gasteiger partial charge in [0.2, 0.25) is 17.7 Å². The van der Waals surface area contributed by atoms with Gasteiger partial charge in [-0.25, -0.2) is 4.98 Å². The Morgan fingerprint density at radius 2 is 2.18 bits per heavy atom. The number of amides is 1. The first-order chi connectivity index (χ1) is 7.76. The Kier molecular flexibility index (Phi) is 4.22.